The predicted molar refractivity (Wildman–Crippen MR) is 45.4 cm³/mol. The first-order valence-corrected chi connectivity index (χ1v) is 4.28. The van der Waals surface area contributed by atoms with Crippen LogP contribution in [-0.4, -0.2) is 16.4 Å². The van der Waals surface area contributed by atoms with Gasteiger partial charge in [0.1, 0.15) is 0 Å². The van der Waals surface area contributed by atoms with E-state index >= 15 is 0 Å². The Morgan fingerprint density at radius 2 is 2.58 bits per heavy atom. The molecule has 65 valence electrons. The summed E-state index contributed by atoms with van der Waals surface area (Å²) in [5.74, 6) is 0. The molecular formula is C9H13N2O. The van der Waals surface area contributed by atoms with Crippen LogP contribution in [0.3, 0.4) is 0 Å². The fraction of sp³-hybridized carbons (Fsp3) is 0.556. The number of nitrogens with zero attached hydrogens (tertiary/aromatic N) is 2. The van der Waals surface area contributed by atoms with E-state index in [9.17, 15) is 0 Å². The molecule has 1 unspecified atom stereocenters. The number of ether oxygens (including phenoxy) is 1. The lowest BCUT2D eigenvalue weighted by atomic mass is 10.0. The molecule has 3 heteroatoms. The Bertz CT molecular complexity index is 251. The average molecular weight is 165 g/mol. The minimum atomic E-state index is 0.243. The van der Waals surface area contributed by atoms with Crippen molar-refractivity contribution >= 4 is 0 Å². The zero-order chi connectivity index (χ0) is 8.39. The third-order valence-electron chi connectivity index (χ3n) is 2.12. The molecule has 1 saturated heterocycles. The molecule has 1 radical (unpaired) electrons. The highest BCUT2D eigenvalue weighted by Gasteiger charge is 2.16. The summed E-state index contributed by atoms with van der Waals surface area (Å²) in [6.07, 6.45) is 8.52. The van der Waals surface area contributed by atoms with Crippen LogP contribution in [0.4, 0.5) is 0 Å². The summed E-state index contributed by atoms with van der Waals surface area (Å²) in [7, 11) is 1.93. The van der Waals surface area contributed by atoms with Crippen LogP contribution in [0.1, 0.15) is 24.5 Å². The minimum absolute atomic E-state index is 0.243. The van der Waals surface area contributed by atoms with Gasteiger partial charge >= 0.3 is 0 Å². The molecule has 3 nitrogen and oxygen atoms in total. The average Bonchev–Trinajstić information content (AvgIpc) is 2.54. The van der Waals surface area contributed by atoms with Gasteiger partial charge in [0.05, 0.1) is 12.3 Å². The van der Waals surface area contributed by atoms with Gasteiger partial charge in [-0.15, -0.1) is 0 Å². The summed E-state index contributed by atoms with van der Waals surface area (Å²) in [6, 6.07) is 0. The molecule has 1 atom stereocenters. The summed E-state index contributed by atoms with van der Waals surface area (Å²) in [5.41, 5.74) is 1.19. The molecule has 1 aromatic heterocycles. The second kappa shape index (κ2) is 3.27. The van der Waals surface area contributed by atoms with Gasteiger partial charge in [0.15, 0.2) is 0 Å². The first kappa shape index (κ1) is 7.80. The molecule has 1 fully saturated rings. The molecule has 1 aliphatic heterocycles. The molecule has 0 saturated carbocycles. The summed E-state index contributed by atoms with van der Waals surface area (Å²) >= 11 is 0. The van der Waals surface area contributed by atoms with Crippen molar-refractivity contribution in [3.63, 3.8) is 0 Å². The van der Waals surface area contributed by atoms with Crippen molar-refractivity contribution in [1.82, 2.24) is 9.78 Å². The number of hydrogen-bond donors (Lipinski definition) is 0. The summed E-state index contributed by atoms with van der Waals surface area (Å²) in [6.45, 7) is 0.847. The van der Waals surface area contributed by atoms with Crippen molar-refractivity contribution in [2.75, 3.05) is 6.61 Å². The van der Waals surface area contributed by atoms with Gasteiger partial charge in [0.25, 0.3) is 0 Å². The van der Waals surface area contributed by atoms with Gasteiger partial charge in [-0.1, -0.05) is 0 Å². The number of rotatable bonds is 1. The van der Waals surface area contributed by atoms with Gasteiger partial charge < -0.3 is 4.74 Å². The van der Waals surface area contributed by atoms with Crippen molar-refractivity contribution in [2.45, 2.75) is 18.9 Å². The Morgan fingerprint density at radius 1 is 1.67 bits per heavy atom. The predicted octanol–water partition coefficient (Wildman–Crippen LogP) is 1.48. The summed E-state index contributed by atoms with van der Waals surface area (Å²) in [4.78, 5) is 0. The smallest absolute Gasteiger partial charge is 0.0858 e. The van der Waals surface area contributed by atoms with Crippen molar-refractivity contribution in [1.29, 1.82) is 0 Å². The van der Waals surface area contributed by atoms with Gasteiger partial charge in [-0.05, 0) is 19.3 Å². The molecule has 0 N–H and O–H groups in total. The first-order chi connectivity index (χ1) is 5.86. The van der Waals surface area contributed by atoms with Crippen LogP contribution in [0, 0.1) is 6.42 Å². The minimum Gasteiger partial charge on any atom is -0.373 e. The van der Waals surface area contributed by atoms with Crippen molar-refractivity contribution in [3.8, 4) is 0 Å². The number of aromatic nitrogens is 2. The lowest BCUT2D eigenvalue weighted by molar-refractivity contribution is 0.0331. The topological polar surface area (TPSA) is 27.1 Å². The Kier molecular flexibility index (Phi) is 2.13. The fourth-order valence-electron chi connectivity index (χ4n) is 1.47. The third kappa shape index (κ3) is 1.50. The van der Waals surface area contributed by atoms with Crippen molar-refractivity contribution < 1.29 is 4.74 Å². The molecule has 2 heterocycles. The van der Waals surface area contributed by atoms with E-state index < -0.39 is 0 Å². The lowest BCUT2D eigenvalue weighted by Crippen LogP contribution is -2.11. The van der Waals surface area contributed by atoms with Gasteiger partial charge in [-0.3, -0.25) is 4.68 Å². The van der Waals surface area contributed by atoms with Crippen LogP contribution in [0.15, 0.2) is 12.4 Å². The van der Waals surface area contributed by atoms with Crippen LogP contribution in [0.2, 0.25) is 0 Å². The maximum Gasteiger partial charge on any atom is 0.0858 e. The Morgan fingerprint density at radius 3 is 3.17 bits per heavy atom. The number of aryl methyl sites for hydroxylation is 1. The lowest BCUT2D eigenvalue weighted by Gasteiger charge is -2.20. The maximum absolute atomic E-state index is 5.59. The monoisotopic (exact) mass is 165 g/mol. The highest BCUT2D eigenvalue weighted by atomic mass is 16.5. The van der Waals surface area contributed by atoms with Crippen LogP contribution >= 0.6 is 0 Å². The van der Waals surface area contributed by atoms with E-state index in [1.54, 1.807) is 0 Å². The quantitative estimate of drug-likeness (QED) is 0.630. The van der Waals surface area contributed by atoms with Gasteiger partial charge in [-0.2, -0.15) is 5.10 Å². The molecule has 12 heavy (non-hydrogen) atoms. The van der Waals surface area contributed by atoms with E-state index in [4.69, 9.17) is 4.74 Å². The SMILES string of the molecule is Cn1cc(C2C[CH]CCO2)cn1. The Hall–Kier alpha value is -0.830. The van der Waals surface area contributed by atoms with Crippen LogP contribution < -0.4 is 0 Å². The van der Waals surface area contributed by atoms with Crippen molar-refractivity contribution in [2.24, 2.45) is 7.05 Å². The van der Waals surface area contributed by atoms with Gasteiger partial charge in [0.2, 0.25) is 0 Å². The Balaban J connectivity index is 2.08. The number of hydrogen-bond acceptors (Lipinski definition) is 2. The highest BCUT2D eigenvalue weighted by molar-refractivity contribution is 5.09. The molecule has 1 aliphatic rings. The van der Waals surface area contributed by atoms with Crippen LogP contribution in [0.5, 0.6) is 0 Å². The van der Waals surface area contributed by atoms with Crippen LogP contribution in [-0.2, 0) is 11.8 Å². The fourth-order valence-corrected chi connectivity index (χ4v) is 1.47. The summed E-state index contributed by atoms with van der Waals surface area (Å²) in [5, 5.41) is 4.11. The van der Waals surface area contributed by atoms with E-state index in [-0.39, 0.29) is 6.10 Å². The largest absolute Gasteiger partial charge is 0.373 e. The van der Waals surface area contributed by atoms with Gasteiger partial charge in [0, 0.05) is 25.4 Å². The maximum atomic E-state index is 5.59. The van der Waals surface area contributed by atoms with Crippen molar-refractivity contribution in [3.05, 3.63) is 24.4 Å². The van der Waals surface area contributed by atoms with E-state index in [0.717, 1.165) is 19.4 Å². The molecule has 0 spiro atoms. The molecule has 0 bridgehead atoms. The first-order valence-electron chi connectivity index (χ1n) is 4.28. The molecule has 0 aromatic carbocycles. The third-order valence-corrected chi connectivity index (χ3v) is 2.12. The molecule has 1 aromatic rings. The van der Waals surface area contributed by atoms with E-state index in [1.165, 1.54) is 5.56 Å². The van der Waals surface area contributed by atoms with E-state index in [0.29, 0.717) is 0 Å². The zero-order valence-electron chi connectivity index (χ0n) is 7.23. The molecular weight excluding hydrogens is 152 g/mol. The second-order valence-corrected chi connectivity index (χ2v) is 3.12. The standard InChI is InChI=1S/C9H13N2O/c1-11-7-8(6-10-11)9-4-2-3-5-12-9/h2,6-7,9H,3-5H2,1H3. The molecule has 2 rings (SSSR count). The highest BCUT2D eigenvalue weighted by Crippen LogP contribution is 2.26. The summed E-state index contributed by atoms with van der Waals surface area (Å²) < 4.78 is 7.41. The normalized spacial score (nSPS) is 24.2. The molecule has 0 amide bonds. The van der Waals surface area contributed by atoms with E-state index in [2.05, 4.69) is 11.5 Å². The second-order valence-electron chi connectivity index (χ2n) is 3.12. The van der Waals surface area contributed by atoms with Crippen LogP contribution in [0.25, 0.3) is 0 Å². The molecule has 0 aliphatic carbocycles. The Labute approximate surface area is 72.3 Å². The zero-order valence-corrected chi connectivity index (χ0v) is 7.23. The van der Waals surface area contributed by atoms with E-state index in [1.807, 2.05) is 24.1 Å². The van der Waals surface area contributed by atoms with Gasteiger partial charge in [-0.25, -0.2) is 0 Å².